The quantitative estimate of drug-likeness (QED) is 0.741. The number of carbonyl (C=O) groups is 1. The van der Waals surface area contributed by atoms with Gasteiger partial charge in [0.15, 0.2) is 0 Å². The maximum atomic E-state index is 12.5. The van der Waals surface area contributed by atoms with Crippen molar-refractivity contribution in [2.75, 3.05) is 13.1 Å². The lowest BCUT2D eigenvalue weighted by Crippen LogP contribution is -2.52. The first-order valence-corrected chi connectivity index (χ1v) is 7.63. The zero-order chi connectivity index (χ0) is 13.0. The van der Waals surface area contributed by atoms with Crippen molar-refractivity contribution >= 4 is 5.91 Å². The minimum Gasteiger partial charge on any atom is -0.353 e. The number of piperidine rings is 1. The molecule has 0 aromatic heterocycles. The molecule has 0 radical (unpaired) electrons. The molecule has 1 aliphatic carbocycles. The first-order chi connectivity index (χ1) is 8.62. The Morgan fingerprint density at radius 3 is 2.72 bits per heavy atom. The molecule has 104 valence electrons. The summed E-state index contributed by atoms with van der Waals surface area (Å²) in [4.78, 5) is 12.5. The average molecular weight is 252 g/mol. The van der Waals surface area contributed by atoms with E-state index in [1.54, 1.807) is 0 Å². The molecule has 3 unspecified atom stereocenters. The van der Waals surface area contributed by atoms with Gasteiger partial charge in [0.2, 0.25) is 5.91 Å². The van der Waals surface area contributed by atoms with Crippen molar-refractivity contribution in [1.82, 2.24) is 10.6 Å². The molecule has 2 aliphatic rings. The molecule has 1 saturated carbocycles. The molecule has 1 saturated heterocycles. The summed E-state index contributed by atoms with van der Waals surface area (Å²) in [6, 6.07) is 0.402. The predicted octanol–water partition coefficient (Wildman–Crippen LogP) is 2.46. The van der Waals surface area contributed by atoms with Crippen LogP contribution in [0.4, 0.5) is 0 Å². The SMILES string of the molecule is CC1CCCCCC1NC(=O)C1(C)CCCNC1. The van der Waals surface area contributed by atoms with E-state index >= 15 is 0 Å². The third-order valence-corrected chi connectivity index (χ3v) is 4.82. The largest absolute Gasteiger partial charge is 0.353 e. The number of carbonyl (C=O) groups excluding carboxylic acids is 1. The molecule has 3 atom stereocenters. The molecule has 1 amide bonds. The predicted molar refractivity (Wildman–Crippen MR) is 74.4 cm³/mol. The van der Waals surface area contributed by atoms with Crippen LogP contribution in [0.1, 0.15) is 58.8 Å². The van der Waals surface area contributed by atoms with Gasteiger partial charge in [0.05, 0.1) is 5.41 Å². The van der Waals surface area contributed by atoms with Crippen LogP contribution in [0.5, 0.6) is 0 Å². The van der Waals surface area contributed by atoms with E-state index in [2.05, 4.69) is 24.5 Å². The lowest BCUT2D eigenvalue weighted by atomic mass is 9.81. The van der Waals surface area contributed by atoms with Gasteiger partial charge in [-0.05, 0) is 45.1 Å². The highest BCUT2D eigenvalue weighted by Crippen LogP contribution is 2.28. The minimum absolute atomic E-state index is 0.190. The standard InChI is InChI=1S/C15H28N2O/c1-12-7-4-3-5-8-13(12)17-14(18)15(2)9-6-10-16-11-15/h12-13,16H,3-11H2,1-2H3,(H,17,18). The van der Waals surface area contributed by atoms with Crippen LogP contribution < -0.4 is 10.6 Å². The second-order valence-electron chi connectivity index (χ2n) is 6.54. The summed E-state index contributed by atoms with van der Waals surface area (Å²) in [5.41, 5.74) is -0.190. The molecule has 2 N–H and O–H groups in total. The fraction of sp³-hybridized carbons (Fsp3) is 0.933. The van der Waals surface area contributed by atoms with Crippen molar-refractivity contribution in [3.05, 3.63) is 0 Å². The van der Waals surface area contributed by atoms with Gasteiger partial charge < -0.3 is 10.6 Å². The summed E-state index contributed by atoms with van der Waals surface area (Å²) < 4.78 is 0. The summed E-state index contributed by atoms with van der Waals surface area (Å²) in [7, 11) is 0. The van der Waals surface area contributed by atoms with E-state index in [4.69, 9.17) is 0 Å². The van der Waals surface area contributed by atoms with Gasteiger partial charge in [0.1, 0.15) is 0 Å². The molecule has 0 aromatic rings. The Kier molecular flexibility index (Phi) is 4.66. The van der Waals surface area contributed by atoms with Gasteiger partial charge in [-0.2, -0.15) is 0 Å². The zero-order valence-electron chi connectivity index (χ0n) is 11.9. The molecular weight excluding hydrogens is 224 g/mol. The summed E-state index contributed by atoms with van der Waals surface area (Å²) in [5.74, 6) is 0.907. The molecule has 3 nitrogen and oxygen atoms in total. The van der Waals surface area contributed by atoms with E-state index in [0.717, 1.165) is 32.4 Å². The first kappa shape index (κ1) is 13.9. The first-order valence-electron chi connectivity index (χ1n) is 7.63. The Morgan fingerprint density at radius 2 is 2.00 bits per heavy atom. The van der Waals surface area contributed by atoms with Crippen molar-refractivity contribution in [3.8, 4) is 0 Å². The monoisotopic (exact) mass is 252 g/mol. The molecule has 0 bridgehead atoms. The summed E-state index contributed by atoms with van der Waals surface area (Å²) in [5, 5.41) is 6.70. The van der Waals surface area contributed by atoms with E-state index in [-0.39, 0.29) is 11.3 Å². The van der Waals surface area contributed by atoms with Crippen LogP contribution in [-0.2, 0) is 4.79 Å². The maximum absolute atomic E-state index is 12.5. The van der Waals surface area contributed by atoms with Gasteiger partial charge >= 0.3 is 0 Å². The van der Waals surface area contributed by atoms with E-state index in [9.17, 15) is 4.79 Å². The Morgan fingerprint density at radius 1 is 1.22 bits per heavy atom. The van der Waals surface area contributed by atoms with Crippen LogP contribution in [0.25, 0.3) is 0 Å². The van der Waals surface area contributed by atoms with Gasteiger partial charge in [-0.3, -0.25) is 4.79 Å². The third kappa shape index (κ3) is 3.25. The van der Waals surface area contributed by atoms with Crippen molar-refractivity contribution in [2.24, 2.45) is 11.3 Å². The molecule has 0 aromatic carbocycles. The van der Waals surface area contributed by atoms with Gasteiger partial charge in [0, 0.05) is 12.6 Å². The minimum atomic E-state index is -0.190. The van der Waals surface area contributed by atoms with Crippen molar-refractivity contribution in [2.45, 2.75) is 64.8 Å². The normalized spacial score (nSPS) is 37.9. The number of hydrogen-bond acceptors (Lipinski definition) is 2. The molecule has 1 aliphatic heterocycles. The molecule has 2 fully saturated rings. The molecule has 2 rings (SSSR count). The van der Waals surface area contributed by atoms with Gasteiger partial charge in [0.25, 0.3) is 0 Å². The summed E-state index contributed by atoms with van der Waals surface area (Å²) in [6.07, 6.45) is 8.49. The lowest BCUT2D eigenvalue weighted by Gasteiger charge is -2.35. The van der Waals surface area contributed by atoms with Crippen molar-refractivity contribution in [1.29, 1.82) is 0 Å². The Labute approximate surface area is 111 Å². The topological polar surface area (TPSA) is 41.1 Å². The van der Waals surface area contributed by atoms with Crippen LogP contribution in [0.2, 0.25) is 0 Å². The van der Waals surface area contributed by atoms with Crippen molar-refractivity contribution in [3.63, 3.8) is 0 Å². The zero-order valence-corrected chi connectivity index (χ0v) is 11.9. The number of amides is 1. The molecule has 1 heterocycles. The van der Waals surface area contributed by atoms with Crippen LogP contribution in [-0.4, -0.2) is 25.0 Å². The van der Waals surface area contributed by atoms with E-state index in [1.165, 1.54) is 25.7 Å². The lowest BCUT2D eigenvalue weighted by molar-refractivity contribution is -0.132. The highest BCUT2D eigenvalue weighted by molar-refractivity contribution is 5.82. The van der Waals surface area contributed by atoms with E-state index in [1.807, 2.05) is 0 Å². The molecule has 0 spiro atoms. The average Bonchev–Trinajstić information content (AvgIpc) is 2.56. The summed E-state index contributed by atoms with van der Waals surface area (Å²) in [6.45, 7) is 6.29. The smallest absolute Gasteiger partial charge is 0.227 e. The molecule has 18 heavy (non-hydrogen) atoms. The Balaban J connectivity index is 1.92. The molecular formula is C15H28N2O. The Bertz CT molecular complexity index is 284. The molecule has 3 heteroatoms. The fourth-order valence-corrected chi connectivity index (χ4v) is 3.30. The van der Waals surface area contributed by atoms with Crippen LogP contribution in [0.3, 0.4) is 0 Å². The summed E-state index contributed by atoms with van der Waals surface area (Å²) >= 11 is 0. The maximum Gasteiger partial charge on any atom is 0.227 e. The van der Waals surface area contributed by atoms with E-state index in [0.29, 0.717) is 12.0 Å². The highest BCUT2D eigenvalue weighted by atomic mass is 16.2. The number of rotatable bonds is 2. The van der Waals surface area contributed by atoms with Gasteiger partial charge in [-0.1, -0.05) is 26.2 Å². The number of nitrogens with one attached hydrogen (secondary N) is 2. The van der Waals surface area contributed by atoms with Crippen LogP contribution >= 0.6 is 0 Å². The second kappa shape index (κ2) is 6.05. The number of hydrogen-bond donors (Lipinski definition) is 2. The second-order valence-corrected chi connectivity index (χ2v) is 6.54. The third-order valence-electron chi connectivity index (χ3n) is 4.82. The highest BCUT2D eigenvalue weighted by Gasteiger charge is 2.36. The fourth-order valence-electron chi connectivity index (χ4n) is 3.30. The van der Waals surface area contributed by atoms with Gasteiger partial charge in [-0.25, -0.2) is 0 Å². The van der Waals surface area contributed by atoms with Crippen LogP contribution in [0, 0.1) is 11.3 Å². The van der Waals surface area contributed by atoms with Crippen LogP contribution in [0.15, 0.2) is 0 Å². The van der Waals surface area contributed by atoms with E-state index < -0.39 is 0 Å². The Hall–Kier alpha value is -0.570. The van der Waals surface area contributed by atoms with Gasteiger partial charge in [-0.15, -0.1) is 0 Å². The van der Waals surface area contributed by atoms with Crippen molar-refractivity contribution < 1.29 is 4.79 Å².